The number of pyridine rings is 1. The fraction of sp³-hybridized carbons (Fsp3) is 0.357. The van der Waals surface area contributed by atoms with Crippen LogP contribution in [0.1, 0.15) is 21.0 Å². The van der Waals surface area contributed by atoms with Gasteiger partial charge in [0, 0.05) is 23.0 Å². The van der Waals surface area contributed by atoms with Crippen LogP contribution in [0, 0.1) is 20.8 Å². The fourth-order valence-corrected chi connectivity index (χ4v) is 4.66. The summed E-state index contributed by atoms with van der Waals surface area (Å²) in [5, 5.41) is 0. The van der Waals surface area contributed by atoms with Gasteiger partial charge in [-0.2, -0.15) is 4.31 Å². The van der Waals surface area contributed by atoms with Crippen LogP contribution in [0.3, 0.4) is 0 Å². The highest BCUT2D eigenvalue weighted by molar-refractivity contribution is 7.89. The molecule has 0 radical (unpaired) electrons. The standard InChI is InChI=1S/C14H18N2O2S2/c1-10-6-5-7-15-13(10)9-16(4)20(17,18)14-8-11(2)19-12(14)3/h5-8H,9H2,1-4H3. The fourth-order valence-electron chi connectivity index (χ4n) is 2.01. The number of hydrogen-bond acceptors (Lipinski definition) is 4. The van der Waals surface area contributed by atoms with Gasteiger partial charge in [0.15, 0.2) is 0 Å². The number of thiophene rings is 1. The first kappa shape index (κ1) is 15.2. The highest BCUT2D eigenvalue weighted by Gasteiger charge is 2.25. The lowest BCUT2D eigenvalue weighted by Crippen LogP contribution is -2.27. The summed E-state index contributed by atoms with van der Waals surface area (Å²) >= 11 is 1.50. The van der Waals surface area contributed by atoms with Crippen molar-refractivity contribution in [1.29, 1.82) is 0 Å². The van der Waals surface area contributed by atoms with Crippen molar-refractivity contribution in [3.05, 3.63) is 45.4 Å². The Labute approximate surface area is 124 Å². The smallest absolute Gasteiger partial charge is 0.244 e. The van der Waals surface area contributed by atoms with Crippen molar-refractivity contribution in [3.8, 4) is 0 Å². The van der Waals surface area contributed by atoms with Gasteiger partial charge in [-0.25, -0.2) is 8.42 Å². The molecule has 108 valence electrons. The molecule has 0 aromatic carbocycles. The van der Waals surface area contributed by atoms with E-state index in [2.05, 4.69) is 4.98 Å². The molecular weight excluding hydrogens is 292 g/mol. The average molecular weight is 310 g/mol. The van der Waals surface area contributed by atoms with Crippen molar-refractivity contribution in [2.45, 2.75) is 32.2 Å². The van der Waals surface area contributed by atoms with Gasteiger partial charge in [-0.05, 0) is 38.5 Å². The molecule has 2 aromatic heterocycles. The van der Waals surface area contributed by atoms with Gasteiger partial charge in [0.2, 0.25) is 10.0 Å². The third-order valence-electron chi connectivity index (χ3n) is 3.17. The molecule has 0 aliphatic rings. The topological polar surface area (TPSA) is 50.3 Å². The van der Waals surface area contributed by atoms with E-state index in [4.69, 9.17) is 0 Å². The van der Waals surface area contributed by atoms with E-state index >= 15 is 0 Å². The van der Waals surface area contributed by atoms with Crippen LogP contribution in [-0.4, -0.2) is 24.8 Å². The summed E-state index contributed by atoms with van der Waals surface area (Å²) in [6.07, 6.45) is 1.68. The van der Waals surface area contributed by atoms with E-state index in [-0.39, 0.29) is 6.54 Å². The largest absolute Gasteiger partial charge is 0.260 e. The normalized spacial score (nSPS) is 12.1. The molecule has 4 nitrogen and oxygen atoms in total. The number of sulfonamides is 1. The van der Waals surface area contributed by atoms with Gasteiger partial charge >= 0.3 is 0 Å². The van der Waals surface area contributed by atoms with Crippen molar-refractivity contribution >= 4 is 21.4 Å². The van der Waals surface area contributed by atoms with Crippen LogP contribution in [-0.2, 0) is 16.6 Å². The SMILES string of the molecule is Cc1cc(S(=O)(=O)N(C)Cc2ncccc2C)c(C)s1. The lowest BCUT2D eigenvalue weighted by Gasteiger charge is -2.17. The predicted molar refractivity (Wildman–Crippen MR) is 81.4 cm³/mol. The predicted octanol–water partition coefficient (Wildman–Crippen LogP) is 2.89. The highest BCUT2D eigenvalue weighted by Crippen LogP contribution is 2.27. The first-order chi connectivity index (χ1) is 9.32. The molecule has 2 rings (SSSR count). The number of nitrogens with zero attached hydrogens (tertiary/aromatic N) is 2. The van der Waals surface area contributed by atoms with Crippen LogP contribution in [0.5, 0.6) is 0 Å². The highest BCUT2D eigenvalue weighted by atomic mass is 32.2. The maximum absolute atomic E-state index is 12.6. The second-order valence-electron chi connectivity index (χ2n) is 4.81. The van der Waals surface area contributed by atoms with E-state index in [1.54, 1.807) is 19.3 Å². The quantitative estimate of drug-likeness (QED) is 0.872. The molecule has 2 heterocycles. The summed E-state index contributed by atoms with van der Waals surface area (Å²) in [4.78, 5) is 6.48. The van der Waals surface area contributed by atoms with Gasteiger partial charge in [0.05, 0.1) is 17.1 Å². The van der Waals surface area contributed by atoms with Crippen LogP contribution >= 0.6 is 11.3 Å². The minimum absolute atomic E-state index is 0.281. The Hall–Kier alpha value is -1.24. The first-order valence-electron chi connectivity index (χ1n) is 6.26. The van der Waals surface area contributed by atoms with E-state index in [1.165, 1.54) is 15.6 Å². The van der Waals surface area contributed by atoms with Gasteiger partial charge in [-0.15, -0.1) is 11.3 Å². The maximum Gasteiger partial charge on any atom is 0.244 e. The van der Waals surface area contributed by atoms with Crippen molar-refractivity contribution in [1.82, 2.24) is 9.29 Å². The van der Waals surface area contributed by atoms with Gasteiger partial charge in [0.25, 0.3) is 0 Å². The Kier molecular flexibility index (Phi) is 4.27. The second kappa shape index (κ2) is 5.63. The van der Waals surface area contributed by atoms with Gasteiger partial charge < -0.3 is 0 Å². The molecule has 0 saturated heterocycles. The van der Waals surface area contributed by atoms with Crippen LogP contribution < -0.4 is 0 Å². The van der Waals surface area contributed by atoms with E-state index in [1.807, 2.05) is 32.9 Å². The molecule has 2 aromatic rings. The Morgan fingerprint density at radius 1 is 1.30 bits per heavy atom. The lowest BCUT2D eigenvalue weighted by atomic mass is 10.2. The molecule has 0 N–H and O–H groups in total. The molecule has 0 spiro atoms. The number of rotatable bonds is 4. The molecule has 20 heavy (non-hydrogen) atoms. The Morgan fingerprint density at radius 3 is 2.55 bits per heavy atom. The molecular formula is C14H18N2O2S2. The summed E-state index contributed by atoms with van der Waals surface area (Å²) in [6.45, 7) is 5.97. The molecule has 0 unspecified atom stereocenters. The van der Waals surface area contributed by atoms with Crippen LogP contribution in [0.25, 0.3) is 0 Å². The van der Waals surface area contributed by atoms with Gasteiger partial charge in [-0.1, -0.05) is 6.07 Å². The molecule has 0 fully saturated rings. The van der Waals surface area contributed by atoms with Gasteiger partial charge in [-0.3, -0.25) is 4.98 Å². The number of aryl methyl sites for hydroxylation is 3. The monoisotopic (exact) mass is 310 g/mol. The Bertz CT molecular complexity index is 721. The van der Waals surface area contributed by atoms with Crippen molar-refractivity contribution in [2.75, 3.05) is 7.05 Å². The zero-order valence-electron chi connectivity index (χ0n) is 12.0. The summed E-state index contributed by atoms with van der Waals surface area (Å²) in [5.74, 6) is 0. The molecule has 0 atom stereocenters. The van der Waals surface area contributed by atoms with Crippen LogP contribution in [0.15, 0.2) is 29.3 Å². The van der Waals surface area contributed by atoms with Crippen molar-refractivity contribution in [3.63, 3.8) is 0 Å². The zero-order chi connectivity index (χ0) is 14.9. The van der Waals surface area contributed by atoms with E-state index in [9.17, 15) is 8.42 Å². The Morgan fingerprint density at radius 2 is 2.00 bits per heavy atom. The van der Waals surface area contributed by atoms with Crippen molar-refractivity contribution in [2.24, 2.45) is 0 Å². The van der Waals surface area contributed by atoms with Crippen LogP contribution in [0.4, 0.5) is 0 Å². The first-order valence-corrected chi connectivity index (χ1v) is 8.52. The second-order valence-corrected chi connectivity index (χ2v) is 8.28. The third-order valence-corrected chi connectivity index (χ3v) is 6.20. The third kappa shape index (κ3) is 2.92. The summed E-state index contributed by atoms with van der Waals surface area (Å²) in [5.41, 5.74) is 1.77. The van der Waals surface area contributed by atoms with E-state index in [0.29, 0.717) is 4.90 Å². The minimum Gasteiger partial charge on any atom is -0.260 e. The molecule has 6 heteroatoms. The minimum atomic E-state index is -3.46. The van der Waals surface area contributed by atoms with E-state index < -0.39 is 10.0 Å². The van der Waals surface area contributed by atoms with Crippen LogP contribution in [0.2, 0.25) is 0 Å². The Balaban J connectivity index is 2.31. The molecule has 0 aliphatic carbocycles. The molecule has 0 bridgehead atoms. The zero-order valence-corrected chi connectivity index (χ0v) is 13.7. The average Bonchev–Trinajstić information content (AvgIpc) is 2.72. The molecule has 0 amide bonds. The lowest BCUT2D eigenvalue weighted by molar-refractivity contribution is 0.461. The maximum atomic E-state index is 12.6. The van der Waals surface area contributed by atoms with Crippen molar-refractivity contribution < 1.29 is 8.42 Å². The summed E-state index contributed by atoms with van der Waals surface area (Å²) in [6, 6.07) is 5.51. The number of aromatic nitrogens is 1. The van der Waals surface area contributed by atoms with E-state index in [0.717, 1.165) is 21.0 Å². The van der Waals surface area contributed by atoms with Gasteiger partial charge in [0.1, 0.15) is 0 Å². The summed E-state index contributed by atoms with van der Waals surface area (Å²) < 4.78 is 26.5. The molecule has 0 aliphatic heterocycles. The molecule has 0 saturated carbocycles. The number of hydrogen-bond donors (Lipinski definition) is 0. The summed E-state index contributed by atoms with van der Waals surface area (Å²) in [7, 11) is -1.87.